The minimum absolute atomic E-state index is 0.316. The fraction of sp³-hybridized carbons (Fsp3) is 0.421. The van der Waals surface area contributed by atoms with E-state index in [0.717, 1.165) is 5.19 Å². The maximum absolute atomic E-state index is 13.6. The Balaban J connectivity index is 2.72. The first-order valence-corrected chi connectivity index (χ1v) is 11.1. The highest BCUT2D eigenvalue weighted by Crippen LogP contribution is 2.25. The molecule has 0 spiro atoms. The van der Waals surface area contributed by atoms with Crippen molar-refractivity contribution in [3.05, 3.63) is 47.9 Å². The van der Waals surface area contributed by atoms with Crippen LogP contribution in [0.3, 0.4) is 0 Å². The number of hydrogen-bond acceptors (Lipinski definition) is 1. The third kappa shape index (κ3) is 4.26. The molecule has 0 bridgehead atoms. The normalized spacial score (nSPS) is 14.5. The summed E-state index contributed by atoms with van der Waals surface area (Å²) in [5.74, 6) is -0.316. The van der Waals surface area contributed by atoms with Crippen LogP contribution in [0.25, 0.3) is 11.3 Å². The molecule has 3 heteroatoms. The molecule has 0 radical (unpaired) electrons. The molecule has 1 nitrogen and oxygen atoms in total. The SMILES string of the molecule is [2H]C([2H])(c1cc(-c2cccc(F)c2)ncc1[Si](C)(C)C)C(C)(C)C. The number of benzene rings is 1. The van der Waals surface area contributed by atoms with Gasteiger partial charge < -0.3 is 0 Å². The summed E-state index contributed by atoms with van der Waals surface area (Å²) in [5, 5.41) is 1.02. The van der Waals surface area contributed by atoms with Gasteiger partial charge in [-0.05, 0) is 40.7 Å². The highest BCUT2D eigenvalue weighted by molar-refractivity contribution is 6.89. The second-order valence-electron chi connectivity index (χ2n) is 7.75. The standard InChI is InChI=1S/C19H26FNSi/c1-19(2,3)12-15-11-17(14-8-7-9-16(20)10-14)21-13-18(15)22(4,5)6/h7-11,13H,12H2,1-6H3/i12D2. The number of hydrogen-bond donors (Lipinski definition) is 0. The Morgan fingerprint density at radius 2 is 1.86 bits per heavy atom. The number of halogens is 1. The number of pyridine rings is 1. The van der Waals surface area contributed by atoms with Crippen LogP contribution >= 0.6 is 0 Å². The molecule has 2 rings (SSSR count). The predicted molar refractivity (Wildman–Crippen MR) is 95.8 cm³/mol. The van der Waals surface area contributed by atoms with Crippen LogP contribution < -0.4 is 5.19 Å². The zero-order valence-corrected chi connectivity index (χ0v) is 15.3. The van der Waals surface area contributed by atoms with E-state index in [1.54, 1.807) is 18.3 Å². The van der Waals surface area contributed by atoms with Gasteiger partial charge in [0.1, 0.15) is 5.82 Å². The lowest BCUT2D eigenvalue weighted by atomic mass is 9.88. The largest absolute Gasteiger partial charge is 0.256 e. The monoisotopic (exact) mass is 317 g/mol. The van der Waals surface area contributed by atoms with Crippen LogP contribution in [-0.4, -0.2) is 13.1 Å². The van der Waals surface area contributed by atoms with Crippen molar-refractivity contribution in [3.8, 4) is 11.3 Å². The van der Waals surface area contributed by atoms with Crippen molar-refractivity contribution in [2.24, 2.45) is 5.41 Å². The lowest BCUT2D eigenvalue weighted by Gasteiger charge is -2.26. The fourth-order valence-corrected chi connectivity index (χ4v) is 3.76. The topological polar surface area (TPSA) is 12.9 Å². The molecular weight excluding hydrogens is 289 g/mol. The predicted octanol–water partition coefficient (Wildman–Crippen LogP) is 5.02. The molecule has 0 aliphatic rings. The van der Waals surface area contributed by atoms with E-state index in [1.807, 2.05) is 26.8 Å². The van der Waals surface area contributed by atoms with Crippen molar-refractivity contribution < 1.29 is 7.13 Å². The lowest BCUT2D eigenvalue weighted by molar-refractivity contribution is 0.412. The summed E-state index contributed by atoms with van der Waals surface area (Å²) in [6.45, 7) is 12.3. The molecule has 0 unspecified atom stereocenters. The quantitative estimate of drug-likeness (QED) is 0.724. The van der Waals surface area contributed by atoms with E-state index in [9.17, 15) is 4.39 Å². The van der Waals surface area contributed by atoms with Crippen LogP contribution in [0.1, 0.15) is 29.1 Å². The van der Waals surface area contributed by atoms with E-state index in [0.29, 0.717) is 16.8 Å². The summed E-state index contributed by atoms with van der Waals surface area (Å²) in [6.07, 6.45) is 0.291. The highest BCUT2D eigenvalue weighted by Gasteiger charge is 2.24. The molecule has 0 amide bonds. The fourth-order valence-electron chi connectivity index (χ4n) is 2.37. The van der Waals surface area contributed by atoms with Crippen LogP contribution in [0.4, 0.5) is 4.39 Å². The zero-order chi connectivity index (χ0) is 18.3. The Kier molecular flexibility index (Phi) is 3.83. The Hall–Kier alpha value is -1.48. The molecular formula is C19H26FNSi. The van der Waals surface area contributed by atoms with Gasteiger partial charge in [-0.2, -0.15) is 0 Å². The first-order valence-electron chi connectivity index (χ1n) is 8.61. The van der Waals surface area contributed by atoms with Gasteiger partial charge in [-0.25, -0.2) is 4.39 Å². The van der Waals surface area contributed by atoms with Crippen molar-refractivity contribution in [3.63, 3.8) is 0 Å². The molecule has 2 aromatic rings. The van der Waals surface area contributed by atoms with Crippen LogP contribution in [0.5, 0.6) is 0 Å². The number of aromatic nitrogens is 1. The smallest absolute Gasteiger partial charge is 0.123 e. The van der Waals surface area contributed by atoms with Crippen LogP contribution in [0.2, 0.25) is 19.6 Å². The molecule has 0 N–H and O–H groups in total. The minimum atomic E-state index is -1.78. The molecule has 0 aliphatic heterocycles. The molecule has 0 fully saturated rings. The van der Waals surface area contributed by atoms with Crippen molar-refractivity contribution in [1.29, 1.82) is 0 Å². The summed E-state index contributed by atoms with van der Waals surface area (Å²) >= 11 is 0. The van der Waals surface area contributed by atoms with E-state index in [2.05, 4.69) is 24.6 Å². The summed E-state index contributed by atoms with van der Waals surface area (Å²) in [5.41, 5.74) is 1.41. The molecule has 0 saturated heterocycles. The van der Waals surface area contributed by atoms with E-state index in [1.165, 1.54) is 12.1 Å². The van der Waals surface area contributed by atoms with Crippen LogP contribution in [0.15, 0.2) is 36.5 Å². The van der Waals surface area contributed by atoms with E-state index in [4.69, 9.17) is 2.74 Å². The average Bonchev–Trinajstić information content (AvgIpc) is 2.44. The summed E-state index contributed by atoms with van der Waals surface area (Å²) in [7, 11) is -1.78. The van der Waals surface area contributed by atoms with Gasteiger partial charge in [0.2, 0.25) is 0 Å². The van der Waals surface area contributed by atoms with Gasteiger partial charge in [-0.15, -0.1) is 0 Å². The Morgan fingerprint density at radius 1 is 1.18 bits per heavy atom. The third-order valence-corrected chi connectivity index (χ3v) is 5.36. The second kappa shape index (κ2) is 5.96. The molecule has 1 heterocycles. The molecule has 0 saturated carbocycles. The molecule has 1 aromatic carbocycles. The summed E-state index contributed by atoms with van der Waals surface area (Å²) in [4.78, 5) is 4.51. The van der Waals surface area contributed by atoms with Gasteiger partial charge in [-0.1, -0.05) is 52.5 Å². The maximum Gasteiger partial charge on any atom is 0.123 e. The van der Waals surface area contributed by atoms with E-state index >= 15 is 0 Å². The van der Waals surface area contributed by atoms with Crippen LogP contribution in [-0.2, 0) is 6.37 Å². The molecule has 1 aromatic heterocycles. The Bertz CT molecular complexity index is 746. The van der Waals surface area contributed by atoms with Gasteiger partial charge in [0, 0.05) is 14.5 Å². The van der Waals surface area contributed by atoms with Gasteiger partial charge >= 0.3 is 0 Å². The molecule has 118 valence electrons. The van der Waals surface area contributed by atoms with Gasteiger partial charge in [0.15, 0.2) is 0 Å². The highest BCUT2D eigenvalue weighted by atomic mass is 28.3. The summed E-state index contributed by atoms with van der Waals surface area (Å²) < 4.78 is 31.0. The third-order valence-electron chi connectivity index (χ3n) is 3.34. The molecule has 0 atom stereocenters. The van der Waals surface area contributed by atoms with Crippen molar-refractivity contribution in [2.45, 2.75) is 46.8 Å². The first kappa shape index (κ1) is 14.1. The van der Waals surface area contributed by atoms with E-state index < -0.39 is 19.9 Å². The van der Waals surface area contributed by atoms with Gasteiger partial charge in [0.05, 0.1) is 13.8 Å². The van der Waals surface area contributed by atoms with Crippen molar-refractivity contribution in [2.75, 3.05) is 0 Å². The zero-order valence-electron chi connectivity index (χ0n) is 16.3. The van der Waals surface area contributed by atoms with Gasteiger partial charge in [-0.3, -0.25) is 4.98 Å². The minimum Gasteiger partial charge on any atom is -0.256 e. The average molecular weight is 318 g/mol. The van der Waals surface area contributed by atoms with E-state index in [-0.39, 0.29) is 5.82 Å². The van der Waals surface area contributed by atoms with Gasteiger partial charge in [0.25, 0.3) is 0 Å². The Morgan fingerprint density at radius 3 is 2.41 bits per heavy atom. The maximum atomic E-state index is 13.6. The first-order chi connectivity index (χ1) is 10.8. The second-order valence-corrected chi connectivity index (χ2v) is 12.8. The molecule has 0 aliphatic carbocycles. The van der Waals surface area contributed by atoms with Crippen LogP contribution in [0, 0.1) is 11.2 Å². The molecule has 22 heavy (non-hydrogen) atoms. The number of rotatable bonds is 3. The lowest BCUT2D eigenvalue weighted by Crippen LogP contribution is -2.41. The Labute approximate surface area is 137 Å². The van der Waals surface area contributed by atoms with Crippen molar-refractivity contribution in [1.82, 2.24) is 4.98 Å². The van der Waals surface area contributed by atoms with Crippen molar-refractivity contribution >= 4 is 13.3 Å². The number of nitrogens with zero attached hydrogens (tertiary/aromatic N) is 1. The summed E-state index contributed by atoms with van der Waals surface area (Å²) in [6, 6.07) is 8.10.